The highest BCUT2D eigenvalue weighted by Gasteiger charge is 2.26. The van der Waals surface area contributed by atoms with Crippen molar-refractivity contribution in [1.29, 1.82) is 0 Å². The van der Waals surface area contributed by atoms with Crippen molar-refractivity contribution in [3.8, 4) is 11.3 Å². The van der Waals surface area contributed by atoms with E-state index in [9.17, 15) is 0 Å². The third kappa shape index (κ3) is 1.51. The van der Waals surface area contributed by atoms with E-state index in [2.05, 4.69) is 40.0 Å². The smallest absolute Gasteiger partial charge is 0.148 e. The van der Waals surface area contributed by atoms with Crippen LogP contribution in [-0.2, 0) is 13.1 Å². The Kier molecular flexibility index (Phi) is 2.37. The minimum Gasteiger partial charge on any atom is -0.458 e. The zero-order valence-electron chi connectivity index (χ0n) is 9.03. The Morgan fingerprint density at radius 1 is 1.19 bits per heavy atom. The van der Waals surface area contributed by atoms with Gasteiger partial charge in [0.15, 0.2) is 0 Å². The molecule has 1 aromatic carbocycles. The van der Waals surface area contributed by atoms with E-state index in [0.717, 1.165) is 34.6 Å². The van der Waals surface area contributed by atoms with Crippen LogP contribution >= 0.6 is 15.9 Å². The van der Waals surface area contributed by atoms with Crippen molar-refractivity contribution in [2.45, 2.75) is 13.1 Å². The molecule has 0 unspecified atom stereocenters. The van der Waals surface area contributed by atoms with Gasteiger partial charge in [0.2, 0.25) is 0 Å². The maximum absolute atomic E-state index is 5.92. The topological polar surface area (TPSA) is 16.4 Å². The summed E-state index contributed by atoms with van der Waals surface area (Å²) in [4.78, 5) is 2.24. The molecule has 2 heterocycles. The first-order chi connectivity index (χ1) is 7.75. The molecule has 1 aliphatic rings. The first-order valence-corrected chi connectivity index (χ1v) is 6.09. The second kappa shape index (κ2) is 3.75. The molecule has 0 spiro atoms. The van der Waals surface area contributed by atoms with Crippen LogP contribution in [0.25, 0.3) is 11.3 Å². The van der Waals surface area contributed by atoms with Gasteiger partial charge >= 0.3 is 0 Å². The molecule has 0 fully saturated rings. The summed E-state index contributed by atoms with van der Waals surface area (Å²) < 4.78 is 7.03. The lowest BCUT2D eigenvalue weighted by Gasteiger charge is -2.06. The number of nitrogens with zero attached hydrogens (tertiary/aromatic N) is 1. The summed E-state index contributed by atoms with van der Waals surface area (Å²) in [6.07, 6.45) is 0. The molecule has 0 atom stereocenters. The molecule has 0 radical (unpaired) electrons. The predicted molar refractivity (Wildman–Crippen MR) is 67.0 cm³/mol. The number of halogens is 1. The summed E-state index contributed by atoms with van der Waals surface area (Å²) >= 11 is 3.65. The van der Waals surface area contributed by atoms with Gasteiger partial charge in [-0.2, -0.15) is 0 Å². The number of hydrogen-bond donors (Lipinski definition) is 0. The van der Waals surface area contributed by atoms with Crippen LogP contribution in [0.1, 0.15) is 11.3 Å². The standard InChI is InChI=1S/C13H12BrNO/c1-15-7-10-11(8-15)16-13(12(10)14)9-5-3-2-4-6-9/h2-6H,7-8H2,1H3. The van der Waals surface area contributed by atoms with E-state index in [1.54, 1.807) is 0 Å². The molecule has 0 N–H and O–H groups in total. The number of hydrogen-bond acceptors (Lipinski definition) is 2. The SMILES string of the molecule is CN1Cc2oc(-c3ccccc3)c(Br)c2C1. The van der Waals surface area contributed by atoms with E-state index < -0.39 is 0 Å². The van der Waals surface area contributed by atoms with E-state index in [4.69, 9.17) is 4.42 Å². The van der Waals surface area contributed by atoms with Crippen LogP contribution in [0.5, 0.6) is 0 Å². The van der Waals surface area contributed by atoms with Crippen LogP contribution in [-0.4, -0.2) is 11.9 Å². The van der Waals surface area contributed by atoms with Crippen molar-refractivity contribution < 1.29 is 4.42 Å². The quantitative estimate of drug-likeness (QED) is 0.791. The van der Waals surface area contributed by atoms with Gasteiger partial charge in [-0.25, -0.2) is 0 Å². The van der Waals surface area contributed by atoms with Crippen LogP contribution in [0, 0.1) is 0 Å². The number of furan rings is 1. The van der Waals surface area contributed by atoms with E-state index >= 15 is 0 Å². The Balaban J connectivity index is 2.09. The summed E-state index contributed by atoms with van der Waals surface area (Å²) in [5.41, 5.74) is 2.42. The second-order valence-corrected chi connectivity index (χ2v) is 4.98. The lowest BCUT2D eigenvalue weighted by Crippen LogP contribution is -2.08. The summed E-state index contributed by atoms with van der Waals surface area (Å²) in [6.45, 7) is 1.87. The van der Waals surface area contributed by atoms with Crippen molar-refractivity contribution in [3.63, 3.8) is 0 Å². The molecular weight excluding hydrogens is 266 g/mol. The van der Waals surface area contributed by atoms with Gasteiger partial charge in [0.1, 0.15) is 11.5 Å². The van der Waals surface area contributed by atoms with Gasteiger partial charge < -0.3 is 4.42 Å². The van der Waals surface area contributed by atoms with Gasteiger partial charge in [0.05, 0.1) is 11.0 Å². The van der Waals surface area contributed by atoms with Crippen LogP contribution in [0.4, 0.5) is 0 Å². The Morgan fingerprint density at radius 2 is 1.94 bits per heavy atom. The third-order valence-electron chi connectivity index (χ3n) is 2.90. The molecule has 82 valence electrons. The van der Waals surface area contributed by atoms with Crippen LogP contribution < -0.4 is 0 Å². The number of rotatable bonds is 1. The Morgan fingerprint density at radius 3 is 2.62 bits per heavy atom. The molecule has 0 saturated carbocycles. The molecule has 2 nitrogen and oxygen atoms in total. The van der Waals surface area contributed by atoms with Crippen LogP contribution in [0.2, 0.25) is 0 Å². The molecule has 0 amide bonds. The molecule has 3 rings (SSSR count). The highest BCUT2D eigenvalue weighted by molar-refractivity contribution is 9.10. The summed E-state index contributed by atoms with van der Waals surface area (Å²) in [5, 5.41) is 0. The fourth-order valence-corrected chi connectivity index (χ4v) is 2.78. The van der Waals surface area contributed by atoms with Crippen molar-refractivity contribution in [3.05, 3.63) is 46.1 Å². The lowest BCUT2D eigenvalue weighted by molar-refractivity contribution is 0.329. The highest BCUT2D eigenvalue weighted by atomic mass is 79.9. The normalized spacial score (nSPS) is 15.4. The van der Waals surface area contributed by atoms with Crippen molar-refractivity contribution >= 4 is 15.9 Å². The largest absolute Gasteiger partial charge is 0.458 e. The van der Waals surface area contributed by atoms with E-state index in [-0.39, 0.29) is 0 Å². The minimum atomic E-state index is 0.904. The molecule has 0 bridgehead atoms. The fraction of sp³-hybridized carbons (Fsp3) is 0.231. The third-order valence-corrected chi connectivity index (χ3v) is 3.74. The van der Waals surface area contributed by atoms with E-state index in [0.29, 0.717) is 0 Å². The van der Waals surface area contributed by atoms with Gasteiger partial charge in [0.25, 0.3) is 0 Å². The molecule has 0 saturated heterocycles. The van der Waals surface area contributed by atoms with Gasteiger partial charge in [-0.05, 0) is 23.0 Å². The van der Waals surface area contributed by atoms with Crippen LogP contribution in [0.3, 0.4) is 0 Å². The average molecular weight is 278 g/mol. The van der Waals surface area contributed by atoms with Crippen molar-refractivity contribution in [2.75, 3.05) is 7.05 Å². The van der Waals surface area contributed by atoms with Gasteiger partial charge in [0, 0.05) is 17.7 Å². The molecule has 1 aliphatic heterocycles. The highest BCUT2D eigenvalue weighted by Crippen LogP contribution is 2.39. The first kappa shape index (κ1) is 10.1. The van der Waals surface area contributed by atoms with E-state index in [1.807, 2.05) is 18.2 Å². The van der Waals surface area contributed by atoms with E-state index in [1.165, 1.54) is 5.56 Å². The number of fused-ring (bicyclic) bond motifs is 1. The maximum Gasteiger partial charge on any atom is 0.148 e. The molecule has 3 heteroatoms. The number of benzene rings is 1. The Bertz CT molecular complexity index is 518. The summed E-state index contributed by atoms with van der Waals surface area (Å²) in [7, 11) is 2.10. The van der Waals surface area contributed by atoms with Crippen LogP contribution in [0.15, 0.2) is 39.2 Å². The summed E-state index contributed by atoms with van der Waals surface area (Å²) in [6, 6.07) is 10.2. The predicted octanol–water partition coefficient (Wildman–Crippen LogP) is 3.65. The zero-order valence-corrected chi connectivity index (χ0v) is 10.6. The van der Waals surface area contributed by atoms with Crippen molar-refractivity contribution in [1.82, 2.24) is 4.90 Å². The zero-order chi connectivity index (χ0) is 11.1. The van der Waals surface area contributed by atoms with Gasteiger partial charge in [-0.3, -0.25) is 4.90 Å². The molecular formula is C13H12BrNO. The Labute approximate surface area is 103 Å². The molecule has 1 aromatic heterocycles. The molecule has 0 aliphatic carbocycles. The lowest BCUT2D eigenvalue weighted by atomic mass is 10.1. The monoisotopic (exact) mass is 277 g/mol. The minimum absolute atomic E-state index is 0.904. The Hall–Kier alpha value is -1.06. The first-order valence-electron chi connectivity index (χ1n) is 5.29. The van der Waals surface area contributed by atoms with Crippen molar-refractivity contribution in [2.24, 2.45) is 0 Å². The van der Waals surface area contributed by atoms with Gasteiger partial charge in [-0.15, -0.1) is 0 Å². The maximum atomic E-state index is 5.92. The second-order valence-electron chi connectivity index (χ2n) is 4.19. The average Bonchev–Trinajstić information content (AvgIpc) is 2.79. The fourth-order valence-electron chi connectivity index (χ4n) is 2.12. The van der Waals surface area contributed by atoms with Gasteiger partial charge in [-0.1, -0.05) is 30.3 Å². The summed E-state index contributed by atoms with van der Waals surface area (Å²) in [5.74, 6) is 2.05. The molecule has 2 aromatic rings. The molecule has 16 heavy (non-hydrogen) atoms.